The summed E-state index contributed by atoms with van der Waals surface area (Å²) >= 11 is 0. The number of nitrogens with two attached hydrogens (primary N) is 2. The number of carboxylic acid groups (broad SMARTS) is 2. The van der Waals surface area contributed by atoms with Crippen LogP contribution in [-0.2, 0) is 18.4 Å². The summed E-state index contributed by atoms with van der Waals surface area (Å²) in [6.45, 7) is 13.5. The Morgan fingerprint density at radius 1 is 0.588 bits per heavy atom. The number of carboxylic acids is 2. The van der Waals surface area contributed by atoms with Gasteiger partial charge in [-0.2, -0.15) is 0 Å². The molecule has 4 rings (SSSR count). The first-order chi connectivity index (χ1) is 23.5. The van der Waals surface area contributed by atoms with E-state index in [-0.39, 0.29) is 55.0 Å². The Kier molecular flexibility index (Phi) is 16.8. The van der Waals surface area contributed by atoms with Gasteiger partial charge in [-0.3, -0.25) is 4.79 Å². The van der Waals surface area contributed by atoms with Crippen molar-refractivity contribution < 1.29 is 47.5 Å². The number of hydrogen-bond donors (Lipinski definition) is 3. The van der Waals surface area contributed by atoms with Crippen molar-refractivity contribution in [1.82, 2.24) is 0 Å². The summed E-state index contributed by atoms with van der Waals surface area (Å²) in [5, 5.41) is 24.1. The quantitative estimate of drug-likeness (QED) is 0.159. The molecule has 0 aliphatic rings. The molecule has 0 amide bonds. The molecule has 0 spiro atoms. The number of hydrogen-bond acceptors (Lipinski definition) is 7. The Hall–Kier alpha value is -3.31. The molecule has 0 aromatic heterocycles. The molecule has 0 aliphatic carbocycles. The van der Waals surface area contributed by atoms with Crippen molar-refractivity contribution in [3.8, 4) is 0 Å². The monoisotopic (exact) mass is 720 g/mol. The minimum atomic E-state index is -2.66. The van der Waals surface area contributed by atoms with Gasteiger partial charge in [0.15, 0.2) is 0 Å². The van der Waals surface area contributed by atoms with Crippen LogP contribution in [0.3, 0.4) is 0 Å². The molecule has 2 atom stereocenters. The van der Waals surface area contributed by atoms with Crippen molar-refractivity contribution in [3.63, 3.8) is 0 Å². The van der Waals surface area contributed by atoms with Crippen molar-refractivity contribution in [2.45, 2.75) is 76.5 Å². The second-order valence-corrected chi connectivity index (χ2v) is 23.3. The molecule has 0 aliphatic heterocycles. The third-order valence-corrected chi connectivity index (χ3v) is 18.7. The fourth-order valence-electron chi connectivity index (χ4n) is 6.54. The molecule has 0 heterocycles. The Labute approximate surface area is 318 Å². The van der Waals surface area contributed by atoms with Crippen LogP contribution in [0.2, 0.25) is 10.1 Å². The van der Waals surface area contributed by atoms with Gasteiger partial charge in [0.1, 0.15) is 0 Å². The van der Waals surface area contributed by atoms with Crippen LogP contribution in [0.4, 0.5) is 0 Å². The van der Waals surface area contributed by atoms with Gasteiger partial charge >= 0.3 is 24.8 Å². The van der Waals surface area contributed by atoms with E-state index >= 15 is 0 Å². The molecule has 0 fully saturated rings. The van der Waals surface area contributed by atoms with E-state index in [1.165, 1.54) is 0 Å². The number of rotatable bonds is 14. The van der Waals surface area contributed by atoms with Crippen LogP contribution in [0.25, 0.3) is 0 Å². The SMILES string of the molecule is CC(C)(C)[Si](OC[C@@H](N)CC(=O)O)(c1ccccc1)c1ccccc1.CC(C)(C)[Si](OC[C@@H](N)CC(=O)[O-])(c1ccccc1)c1ccccc1.[Li+]. The van der Waals surface area contributed by atoms with E-state index < -0.39 is 40.7 Å². The van der Waals surface area contributed by atoms with E-state index in [0.29, 0.717) is 0 Å². The van der Waals surface area contributed by atoms with Gasteiger partial charge < -0.3 is 35.3 Å². The number of benzene rings is 4. The molecular formula is C40H53LiN2O6Si2. The average Bonchev–Trinajstić information content (AvgIpc) is 3.06. The molecule has 5 N–H and O–H groups in total. The zero-order valence-electron chi connectivity index (χ0n) is 31.2. The van der Waals surface area contributed by atoms with E-state index in [0.717, 1.165) is 20.7 Å². The standard InChI is InChI=1S/2C20H27NO3Si.Li/c2*1-20(2,3)25(17-10-6-4-7-11-17,18-12-8-5-9-13-18)24-15-16(21)14-19(22)23;/h2*4-13,16H,14-15,21H2,1-3H3,(H,22,23);/q;;+1/p-1/t2*16-;/m00./s1. The molecule has 0 bridgehead atoms. The Morgan fingerprint density at radius 3 is 1.06 bits per heavy atom. The zero-order valence-corrected chi connectivity index (χ0v) is 33.2. The van der Waals surface area contributed by atoms with Gasteiger partial charge in [-0.15, -0.1) is 0 Å². The smallest absolute Gasteiger partial charge is 0.550 e. The first kappa shape index (κ1) is 43.9. The maximum atomic E-state index is 10.9. The summed E-state index contributed by atoms with van der Waals surface area (Å²) in [4.78, 5) is 21.8. The van der Waals surface area contributed by atoms with Gasteiger partial charge in [-0.1, -0.05) is 163 Å². The summed E-state index contributed by atoms with van der Waals surface area (Å²) in [5.41, 5.74) is 12.0. The van der Waals surface area contributed by atoms with E-state index in [1.54, 1.807) is 0 Å². The van der Waals surface area contributed by atoms with Crippen LogP contribution < -0.4 is 56.2 Å². The molecule has 0 saturated carbocycles. The molecule has 0 unspecified atom stereocenters. The number of aliphatic carboxylic acids is 2. The second kappa shape index (κ2) is 19.5. The van der Waals surface area contributed by atoms with Gasteiger partial charge in [0.25, 0.3) is 16.6 Å². The maximum absolute atomic E-state index is 10.9. The van der Waals surface area contributed by atoms with E-state index in [4.69, 9.17) is 25.4 Å². The predicted octanol–water partition coefficient (Wildman–Crippen LogP) is 0.399. The fraction of sp³-hybridized carbons (Fsp3) is 0.350. The Bertz CT molecular complexity index is 1420. The average molecular weight is 721 g/mol. The third kappa shape index (κ3) is 11.3. The van der Waals surface area contributed by atoms with Gasteiger partial charge in [0, 0.05) is 24.5 Å². The van der Waals surface area contributed by atoms with Crippen LogP contribution in [-0.4, -0.2) is 59.0 Å². The molecule has 268 valence electrons. The van der Waals surface area contributed by atoms with Gasteiger partial charge in [0.2, 0.25) is 0 Å². The van der Waals surface area contributed by atoms with Crippen LogP contribution in [0.15, 0.2) is 121 Å². The number of carbonyl (C=O) groups is 2. The van der Waals surface area contributed by atoms with Gasteiger partial charge in [-0.25, -0.2) is 0 Å². The Balaban J connectivity index is 0.000000347. The predicted molar refractivity (Wildman–Crippen MR) is 205 cm³/mol. The molecule has 0 radical (unpaired) electrons. The minimum Gasteiger partial charge on any atom is -0.550 e. The largest absolute Gasteiger partial charge is 1.00 e. The van der Waals surface area contributed by atoms with Crippen LogP contribution in [0.1, 0.15) is 54.4 Å². The summed E-state index contributed by atoms with van der Waals surface area (Å²) in [6.07, 6.45) is -0.309. The van der Waals surface area contributed by atoms with Crippen molar-refractivity contribution in [2.24, 2.45) is 11.5 Å². The van der Waals surface area contributed by atoms with E-state index in [1.807, 2.05) is 72.8 Å². The topological polar surface area (TPSA) is 148 Å². The van der Waals surface area contributed by atoms with E-state index in [2.05, 4.69) is 90.1 Å². The molecule has 51 heavy (non-hydrogen) atoms. The van der Waals surface area contributed by atoms with Crippen LogP contribution in [0, 0.1) is 0 Å². The van der Waals surface area contributed by atoms with Crippen molar-refractivity contribution in [1.29, 1.82) is 0 Å². The zero-order chi connectivity index (χ0) is 37.0. The summed E-state index contributed by atoms with van der Waals surface area (Å²) in [6, 6.07) is 39.7. The van der Waals surface area contributed by atoms with Gasteiger partial charge in [0.05, 0.1) is 19.6 Å². The summed E-state index contributed by atoms with van der Waals surface area (Å²) in [7, 11) is -5.29. The summed E-state index contributed by atoms with van der Waals surface area (Å²) < 4.78 is 13.1. The third-order valence-electron chi connectivity index (χ3n) is 8.73. The molecule has 4 aromatic carbocycles. The van der Waals surface area contributed by atoms with Crippen LogP contribution in [0.5, 0.6) is 0 Å². The maximum Gasteiger partial charge on any atom is 1.00 e. The van der Waals surface area contributed by atoms with Crippen molar-refractivity contribution in [3.05, 3.63) is 121 Å². The minimum absolute atomic E-state index is 0. The second-order valence-electron chi connectivity index (χ2n) is 14.6. The molecular weight excluding hydrogens is 668 g/mol. The first-order valence-corrected chi connectivity index (χ1v) is 20.8. The normalized spacial score (nSPS) is 13.2. The fourth-order valence-corrected chi connectivity index (χ4v) is 15.8. The van der Waals surface area contributed by atoms with Crippen LogP contribution >= 0.6 is 0 Å². The number of carbonyl (C=O) groups excluding carboxylic acids is 1. The van der Waals surface area contributed by atoms with E-state index in [9.17, 15) is 14.7 Å². The first-order valence-electron chi connectivity index (χ1n) is 17.0. The van der Waals surface area contributed by atoms with Gasteiger partial charge in [-0.05, 0) is 30.8 Å². The molecule has 0 saturated heterocycles. The summed E-state index contributed by atoms with van der Waals surface area (Å²) in [5.74, 6) is -2.06. The molecule has 11 heteroatoms. The molecule has 8 nitrogen and oxygen atoms in total. The molecule has 4 aromatic rings. The van der Waals surface area contributed by atoms with Crippen molar-refractivity contribution in [2.75, 3.05) is 13.2 Å². The van der Waals surface area contributed by atoms with Crippen molar-refractivity contribution >= 4 is 49.3 Å². The Morgan fingerprint density at radius 2 is 0.843 bits per heavy atom.